The number of halogens is 4. The highest BCUT2D eigenvalue weighted by atomic mass is 19.4. The number of benzene rings is 2. The number of carbonyl (C=O) groups is 2. The Morgan fingerprint density at radius 2 is 1.64 bits per heavy atom. The van der Waals surface area contributed by atoms with Crippen molar-refractivity contribution in [2.24, 2.45) is 0 Å². The minimum atomic E-state index is -4.67. The fourth-order valence-electron chi connectivity index (χ4n) is 4.13. The van der Waals surface area contributed by atoms with Crippen LogP contribution in [0, 0.1) is 0 Å². The van der Waals surface area contributed by atoms with Gasteiger partial charge in [-0.25, -0.2) is 9.18 Å². The second kappa shape index (κ2) is 14.6. The summed E-state index contributed by atoms with van der Waals surface area (Å²) in [5, 5.41) is 17.6. The van der Waals surface area contributed by atoms with Gasteiger partial charge in [0, 0.05) is 25.1 Å². The summed E-state index contributed by atoms with van der Waals surface area (Å²) in [6, 6.07) is 8.74. The summed E-state index contributed by atoms with van der Waals surface area (Å²) < 4.78 is 67.5. The number of ether oxygens (including phenoxy) is 2. The minimum Gasteiger partial charge on any atom is -0.494 e. The van der Waals surface area contributed by atoms with Crippen LogP contribution >= 0.6 is 0 Å². The van der Waals surface area contributed by atoms with Gasteiger partial charge in [-0.3, -0.25) is 10.1 Å². The molecule has 1 amide bonds. The highest BCUT2D eigenvalue weighted by Crippen LogP contribution is 2.31. The van der Waals surface area contributed by atoms with E-state index in [1.807, 2.05) is 0 Å². The number of carboxylic acid groups (broad SMARTS) is 1. The third-order valence-electron chi connectivity index (χ3n) is 6.53. The predicted octanol–water partition coefficient (Wildman–Crippen LogP) is 5.51. The molecule has 0 aliphatic heterocycles. The van der Waals surface area contributed by atoms with Gasteiger partial charge < -0.3 is 25.2 Å². The molecule has 0 aliphatic carbocycles. The van der Waals surface area contributed by atoms with Gasteiger partial charge in [0.1, 0.15) is 23.2 Å². The maximum atomic E-state index is 14.7. The second-order valence-corrected chi connectivity index (χ2v) is 11.2. The van der Waals surface area contributed by atoms with Crippen molar-refractivity contribution in [3.05, 3.63) is 54.1 Å². The number of methoxy groups -OCH3 is 1. The van der Waals surface area contributed by atoms with Crippen molar-refractivity contribution in [3.8, 4) is 11.5 Å². The van der Waals surface area contributed by atoms with E-state index in [9.17, 15) is 32.3 Å². The summed E-state index contributed by atoms with van der Waals surface area (Å²) in [7, 11) is 1.42. The lowest BCUT2D eigenvalue weighted by molar-refractivity contribution is -0.159. The molecule has 0 spiro atoms. The van der Waals surface area contributed by atoms with Gasteiger partial charge in [0.2, 0.25) is 5.91 Å². The van der Waals surface area contributed by atoms with Crippen LogP contribution in [0.1, 0.15) is 53.0 Å². The lowest BCUT2D eigenvalue weighted by Crippen LogP contribution is -2.57. The van der Waals surface area contributed by atoms with Crippen LogP contribution in [0.2, 0.25) is 0 Å². The van der Waals surface area contributed by atoms with Gasteiger partial charge in [0.15, 0.2) is 5.60 Å². The Morgan fingerprint density at radius 3 is 2.17 bits per heavy atom. The Labute approximate surface area is 244 Å². The van der Waals surface area contributed by atoms with Crippen molar-refractivity contribution in [2.75, 3.05) is 19.0 Å². The van der Waals surface area contributed by atoms with Gasteiger partial charge in [-0.05, 0) is 58.2 Å². The van der Waals surface area contributed by atoms with Crippen molar-refractivity contribution in [3.63, 3.8) is 0 Å². The summed E-state index contributed by atoms with van der Waals surface area (Å²) in [6.07, 6.45) is -5.13. The molecular weight excluding hydrogens is 558 g/mol. The monoisotopic (exact) mass is 599 g/mol. The smallest absolute Gasteiger partial charge is 0.404 e. The first kappa shape index (κ1) is 34.7. The van der Waals surface area contributed by atoms with Crippen molar-refractivity contribution >= 4 is 17.6 Å². The van der Waals surface area contributed by atoms with Gasteiger partial charge in [-0.1, -0.05) is 37.3 Å². The van der Waals surface area contributed by atoms with Crippen LogP contribution in [0.15, 0.2) is 48.5 Å². The van der Waals surface area contributed by atoms with Crippen molar-refractivity contribution in [1.29, 1.82) is 0 Å². The molecule has 0 aromatic heterocycles. The Balaban J connectivity index is 2.16. The Morgan fingerprint density at radius 1 is 1.00 bits per heavy atom. The fraction of sp³-hybridized carbons (Fsp3) is 0.533. The SMILES string of the molecule is CC[C@@H](CNc1ccc(OC(C)(C)C(=O)O)cc1OC)NC(=O)[C@H](CC(C)(C)F)N[C@@H](Cc1ccccc1)C(F)(F)F. The van der Waals surface area contributed by atoms with E-state index in [0.29, 0.717) is 23.4 Å². The number of rotatable bonds is 16. The predicted molar refractivity (Wildman–Crippen MR) is 153 cm³/mol. The second-order valence-electron chi connectivity index (χ2n) is 11.2. The van der Waals surface area contributed by atoms with Crippen molar-refractivity contribution in [2.45, 2.75) is 89.5 Å². The van der Waals surface area contributed by atoms with Crippen LogP contribution < -0.4 is 25.4 Å². The number of anilines is 1. The van der Waals surface area contributed by atoms with Crippen LogP contribution in [0.5, 0.6) is 11.5 Å². The van der Waals surface area contributed by atoms with Gasteiger partial charge in [0.05, 0.1) is 18.8 Å². The molecule has 0 aliphatic rings. The molecule has 0 fully saturated rings. The van der Waals surface area contributed by atoms with E-state index >= 15 is 0 Å². The molecule has 2 rings (SSSR count). The quantitative estimate of drug-likeness (QED) is 0.188. The van der Waals surface area contributed by atoms with Crippen LogP contribution in [0.3, 0.4) is 0 Å². The Bertz CT molecular complexity index is 1170. The standard InChI is InChI=1S/C30H41F4N3O5/c1-7-20(18-35-22-14-13-21(16-24(22)41-6)42-29(4,5)27(39)40)36-26(38)23(17-28(2,3)31)37-25(30(32,33)34)15-19-11-9-8-10-12-19/h8-14,16,20,23,25,35,37H,7,15,17-18H2,1-6H3,(H,36,38)(H,39,40)/t20-,23-,25-/m0/s1. The van der Waals surface area contributed by atoms with Gasteiger partial charge in [-0.15, -0.1) is 0 Å². The number of alkyl halides is 4. The van der Waals surface area contributed by atoms with E-state index < -0.39 is 60.3 Å². The summed E-state index contributed by atoms with van der Waals surface area (Å²) in [5.74, 6) is -1.27. The first-order valence-electron chi connectivity index (χ1n) is 13.7. The maximum absolute atomic E-state index is 14.7. The molecule has 2 aromatic rings. The van der Waals surface area contributed by atoms with E-state index in [1.54, 1.807) is 49.4 Å². The van der Waals surface area contributed by atoms with Crippen LogP contribution in [0.4, 0.5) is 23.2 Å². The number of carboxylic acids is 1. The topological polar surface area (TPSA) is 109 Å². The number of carbonyl (C=O) groups excluding carboxylic acids is 1. The summed E-state index contributed by atoms with van der Waals surface area (Å²) in [5.41, 5.74) is -2.43. The lowest BCUT2D eigenvalue weighted by atomic mass is 9.97. The number of hydrogen-bond donors (Lipinski definition) is 4. The zero-order chi connectivity index (χ0) is 31.7. The molecule has 8 nitrogen and oxygen atoms in total. The molecule has 0 saturated heterocycles. The Kier molecular flexibility index (Phi) is 12.0. The average Bonchev–Trinajstić information content (AvgIpc) is 2.89. The maximum Gasteiger partial charge on any atom is 0.404 e. The number of hydrogen-bond acceptors (Lipinski definition) is 6. The van der Waals surface area contributed by atoms with Crippen molar-refractivity contribution < 1.29 is 41.7 Å². The largest absolute Gasteiger partial charge is 0.494 e. The van der Waals surface area contributed by atoms with E-state index in [1.165, 1.54) is 40.9 Å². The Hall–Kier alpha value is -3.54. The zero-order valence-corrected chi connectivity index (χ0v) is 24.8. The molecule has 3 atom stereocenters. The molecule has 4 N–H and O–H groups in total. The van der Waals surface area contributed by atoms with Crippen LogP contribution in [-0.4, -0.2) is 66.2 Å². The molecular formula is C30H41F4N3O5. The summed E-state index contributed by atoms with van der Waals surface area (Å²) in [6.45, 7) is 7.22. The molecule has 0 radical (unpaired) electrons. The van der Waals surface area contributed by atoms with Crippen LogP contribution in [0.25, 0.3) is 0 Å². The number of amides is 1. The van der Waals surface area contributed by atoms with Gasteiger partial charge >= 0.3 is 12.1 Å². The molecule has 0 unspecified atom stereocenters. The summed E-state index contributed by atoms with van der Waals surface area (Å²) in [4.78, 5) is 24.6. The highest BCUT2D eigenvalue weighted by Gasteiger charge is 2.43. The third kappa shape index (κ3) is 11.0. The molecule has 2 aromatic carbocycles. The van der Waals surface area contributed by atoms with Gasteiger partial charge in [0.25, 0.3) is 0 Å². The molecule has 12 heteroatoms. The van der Waals surface area contributed by atoms with E-state index in [4.69, 9.17) is 9.47 Å². The lowest BCUT2D eigenvalue weighted by Gasteiger charge is -2.31. The first-order chi connectivity index (χ1) is 19.4. The number of nitrogens with one attached hydrogen (secondary N) is 3. The van der Waals surface area contributed by atoms with Crippen LogP contribution in [-0.2, 0) is 16.0 Å². The average molecular weight is 600 g/mol. The number of aliphatic carboxylic acids is 1. The van der Waals surface area contributed by atoms with Gasteiger partial charge in [-0.2, -0.15) is 13.2 Å². The van der Waals surface area contributed by atoms with Crippen molar-refractivity contribution in [1.82, 2.24) is 10.6 Å². The fourth-order valence-corrected chi connectivity index (χ4v) is 4.13. The first-order valence-corrected chi connectivity index (χ1v) is 13.7. The minimum absolute atomic E-state index is 0.178. The third-order valence-corrected chi connectivity index (χ3v) is 6.53. The highest BCUT2D eigenvalue weighted by molar-refractivity contribution is 5.82. The van der Waals surface area contributed by atoms with E-state index in [2.05, 4.69) is 16.0 Å². The molecule has 0 heterocycles. The molecule has 234 valence electrons. The molecule has 0 bridgehead atoms. The summed E-state index contributed by atoms with van der Waals surface area (Å²) >= 11 is 0. The van der Waals surface area contributed by atoms with E-state index in [-0.39, 0.29) is 12.3 Å². The normalized spacial score (nSPS) is 14.4. The molecule has 0 saturated carbocycles. The molecule has 42 heavy (non-hydrogen) atoms. The zero-order valence-electron chi connectivity index (χ0n) is 24.8. The van der Waals surface area contributed by atoms with E-state index in [0.717, 1.165) is 0 Å².